The molecule has 4 heteroatoms. The summed E-state index contributed by atoms with van der Waals surface area (Å²) < 4.78 is 9.86. The van der Waals surface area contributed by atoms with E-state index in [0.717, 1.165) is 0 Å². The first-order valence-corrected chi connectivity index (χ1v) is 3.23. The van der Waals surface area contributed by atoms with Crippen LogP contribution in [0.1, 0.15) is 0 Å². The molecule has 0 aliphatic carbocycles. The molecule has 1 saturated heterocycles. The molecule has 0 unspecified atom stereocenters. The molecular weight excluding hydrogens is 136 g/mol. The summed E-state index contributed by atoms with van der Waals surface area (Å²) in [4.78, 5) is 0. The fourth-order valence-corrected chi connectivity index (χ4v) is 1.02. The van der Waals surface area contributed by atoms with Crippen LogP contribution >= 0.6 is 0 Å². The molecule has 1 fully saturated rings. The average Bonchev–Trinajstić information content (AvgIpc) is 2.30. The van der Waals surface area contributed by atoms with Gasteiger partial charge in [0.1, 0.15) is 18.3 Å². The first-order valence-electron chi connectivity index (χ1n) is 3.23. The zero-order valence-electron chi connectivity index (χ0n) is 5.86. The Morgan fingerprint density at radius 1 is 1.70 bits per heavy atom. The largest absolute Gasteiger partial charge is 0.394 e. The van der Waals surface area contributed by atoms with Crippen molar-refractivity contribution in [3.05, 3.63) is 0 Å². The van der Waals surface area contributed by atoms with Gasteiger partial charge < -0.3 is 19.7 Å². The molecule has 1 rings (SSSR count). The minimum absolute atomic E-state index is 0.152. The van der Waals surface area contributed by atoms with Crippen LogP contribution in [0, 0.1) is 0 Å². The highest BCUT2D eigenvalue weighted by molar-refractivity contribution is 4.83. The van der Waals surface area contributed by atoms with E-state index in [1.165, 1.54) is 7.11 Å². The number of methoxy groups -OCH3 is 1. The molecule has 0 aromatic heterocycles. The Labute approximate surface area is 59.4 Å². The molecule has 1 aliphatic rings. The molecule has 0 bridgehead atoms. The molecule has 0 aromatic carbocycles. The molecule has 2 N–H and O–H groups in total. The van der Waals surface area contributed by atoms with E-state index in [-0.39, 0.29) is 12.7 Å². The lowest BCUT2D eigenvalue weighted by Crippen LogP contribution is -2.33. The quantitative estimate of drug-likeness (QED) is 0.514. The second-order valence-corrected chi connectivity index (χ2v) is 2.32. The predicted octanol–water partition coefficient (Wildman–Crippen LogP) is -1.25. The Morgan fingerprint density at radius 2 is 2.40 bits per heavy atom. The van der Waals surface area contributed by atoms with E-state index in [0.29, 0.717) is 6.61 Å². The maximum atomic E-state index is 9.24. The summed E-state index contributed by atoms with van der Waals surface area (Å²) in [7, 11) is 1.51. The molecule has 4 nitrogen and oxygen atoms in total. The van der Waals surface area contributed by atoms with Crippen molar-refractivity contribution < 1.29 is 19.7 Å². The Kier molecular flexibility index (Phi) is 2.62. The average molecular weight is 148 g/mol. The number of hydrogen-bond donors (Lipinski definition) is 2. The summed E-state index contributed by atoms with van der Waals surface area (Å²) in [6.07, 6.45) is -1.43. The second-order valence-electron chi connectivity index (χ2n) is 2.32. The highest BCUT2D eigenvalue weighted by Gasteiger charge is 2.35. The molecule has 0 radical (unpaired) electrons. The molecular formula is C6H12O4. The standard InChI is InChI=1S/C6H12O4/c1-9-5-3-10-4(2-7)6(5)8/h4-8H,2-3H2,1H3/t4-,5+,6-/m1/s1. The van der Waals surface area contributed by atoms with Crippen LogP contribution in [0.2, 0.25) is 0 Å². The van der Waals surface area contributed by atoms with Crippen LogP contribution in [0.15, 0.2) is 0 Å². The minimum atomic E-state index is -0.685. The predicted molar refractivity (Wildman–Crippen MR) is 33.6 cm³/mol. The van der Waals surface area contributed by atoms with Crippen molar-refractivity contribution >= 4 is 0 Å². The smallest absolute Gasteiger partial charge is 0.111 e. The third-order valence-electron chi connectivity index (χ3n) is 1.72. The van der Waals surface area contributed by atoms with Crippen LogP contribution in [0.4, 0.5) is 0 Å². The van der Waals surface area contributed by atoms with E-state index in [4.69, 9.17) is 14.6 Å². The Balaban J connectivity index is 2.41. The van der Waals surface area contributed by atoms with Gasteiger partial charge in [0.25, 0.3) is 0 Å². The number of aliphatic hydroxyl groups excluding tert-OH is 2. The van der Waals surface area contributed by atoms with E-state index in [2.05, 4.69) is 0 Å². The zero-order valence-corrected chi connectivity index (χ0v) is 5.86. The molecule has 10 heavy (non-hydrogen) atoms. The summed E-state index contributed by atoms with van der Waals surface area (Å²) in [6.45, 7) is 0.212. The lowest BCUT2D eigenvalue weighted by atomic mass is 10.2. The SMILES string of the molecule is CO[C@H]1CO[C@H](CO)[C@H]1O. The lowest BCUT2D eigenvalue weighted by molar-refractivity contribution is -0.0141. The van der Waals surface area contributed by atoms with Crippen molar-refractivity contribution in [3.63, 3.8) is 0 Å². The van der Waals surface area contributed by atoms with Crippen molar-refractivity contribution in [3.8, 4) is 0 Å². The van der Waals surface area contributed by atoms with Crippen molar-refractivity contribution in [1.82, 2.24) is 0 Å². The van der Waals surface area contributed by atoms with Crippen molar-refractivity contribution in [2.45, 2.75) is 18.3 Å². The van der Waals surface area contributed by atoms with E-state index in [1.54, 1.807) is 0 Å². The van der Waals surface area contributed by atoms with E-state index < -0.39 is 12.2 Å². The Hall–Kier alpha value is -0.160. The Bertz CT molecular complexity index is 93.9. The van der Waals surface area contributed by atoms with E-state index in [9.17, 15) is 5.11 Å². The number of rotatable bonds is 2. The van der Waals surface area contributed by atoms with E-state index in [1.807, 2.05) is 0 Å². The number of ether oxygens (including phenoxy) is 2. The summed E-state index contributed by atoms with van der Waals surface area (Å²) in [5.74, 6) is 0. The van der Waals surface area contributed by atoms with Gasteiger partial charge in [0.2, 0.25) is 0 Å². The molecule has 1 aliphatic heterocycles. The van der Waals surface area contributed by atoms with Crippen LogP contribution in [-0.2, 0) is 9.47 Å². The molecule has 1 heterocycles. The summed E-state index contributed by atoms with van der Waals surface area (Å²) in [6, 6.07) is 0. The third kappa shape index (κ3) is 1.29. The van der Waals surface area contributed by atoms with Gasteiger partial charge >= 0.3 is 0 Å². The summed E-state index contributed by atoms with van der Waals surface area (Å²) in [5.41, 5.74) is 0. The van der Waals surface area contributed by atoms with Crippen LogP contribution in [0.3, 0.4) is 0 Å². The highest BCUT2D eigenvalue weighted by Crippen LogP contribution is 2.15. The second kappa shape index (κ2) is 3.30. The molecule has 0 spiro atoms. The topological polar surface area (TPSA) is 58.9 Å². The van der Waals surface area contributed by atoms with E-state index >= 15 is 0 Å². The molecule has 0 saturated carbocycles. The molecule has 0 amide bonds. The van der Waals surface area contributed by atoms with Crippen molar-refractivity contribution in [2.75, 3.05) is 20.3 Å². The molecule has 60 valence electrons. The molecule has 3 atom stereocenters. The monoisotopic (exact) mass is 148 g/mol. The van der Waals surface area contributed by atoms with Crippen LogP contribution < -0.4 is 0 Å². The fraction of sp³-hybridized carbons (Fsp3) is 1.00. The van der Waals surface area contributed by atoms with Gasteiger partial charge in [0.15, 0.2) is 0 Å². The first-order chi connectivity index (χ1) is 4.79. The third-order valence-corrected chi connectivity index (χ3v) is 1.72. The van der Waals surface area contributed by atoms with Gasteiger partial charge in [-0.25, -0.2) is 0 Å². The van der Waals surface area contributed by atoms with Crippen LogP contribution in [0.5, 0.6) is 0 Å². The zero-order chi connectivity index (χ0) is 7.56. The fourth-order valence-electron chi connectivity index (χ4n) is 1.02. The van der Waals surface area contributed by atoms with Gasteiger partial charge in [-0.15, -0.1) is 0 Å². The van der Waals surface area contributed by atoms with Crippen molar-refractivity contribution in [2.24, 2.45) is 0 Å². The van der Waals surface area contributed by atoms with Crippen LogP contribution in [-0.4, -0.2) is 48.8 Å². The van der Waals surface area contributed by atoms with Gasteiger partial charge in [-0.05, 0) is 0 Å². The van der Waals surface area contributed by atoms with Crippen LogP contribution in [0.25, 0.3) is 0 Å². The first kappa shape index (κ1) is 7.94. The summed E-state index contributed by atoms with van der Waals surface area (Å²) in [5, 5.41) is 17.8. The number of aliphatic hydroxyl groups is 2. The van der Waals surface area contributed by atoms with Gasteiger partial charge in [0.05, 0.1) is 13.2 Å². The highest BCUT2D eigenvalue weighted by atomic mass is 16.6. The summed E-state index contributed by atoms with van der Waals surface area (Å²) >= 11 is 0. The maximum absolute atomic E-state index is 9.24. The van der Waals surface area contributed by atoms with Crippen molar-refractivity contribution in [1.29, 1.82) is 0 Å². The lowest BCUT2D eigenvalue weighted by Gasteiger charge is -2.13. The Morgan fingerprint density at radius 3 is 2.70 bits per heavy atom. The van der Waals surface area contributed by atoms with Gasteiger partial charge in [-0.3, -0.25) is 0 Å². The maximum Gasteiger partial charge on any atom is 0.111 e. The van der Waals surface area contributed by atoms with Gasteiger partial charge in [-0.2, -0.15) is 0 Å². The minimum Gasteiger partial charge on any atom is -0.394 e. The van der Waals surface area contributed by atoms with Gasteiger partial charge in [0, 0.05) is 7.11 Å². The normalized spacial score (nSPS) is 40.5. The number of hydrogen-bond acceptors (Lipinski definition) is 4. The molecule has 0 aromatic rings. The van der Waals surface area contributed by atoms with Gasteiger partial charge in [-0.1, -0.05) is 0 Å².